The van der Waals surface area contributed by atoms with Gasteiger partial charge in [-0.2, -0.15) is 0 Å². The Kier molecular flexibility index (Phi) is 5.80. The molecule has 0 radical (unpaired) electrons. The summed E-state index contributed by atoms with van der Waals surface area (Å²) in [6.07, 6.45) is 2.24. The zero-order valence-electron chi connectivity index (χ0n) is 13.0. The van der Waals surface area contributed by atoms with Gasteiger partial charge < -0.3 is 20.2 Å². The lowest BCUT2D eigenvalue weighted by molar-refractivity contribution is -0.153. The van der Waals surface area contributed by atoms with Crippen LogP contribution in [0.3, 0.4) is 0 Å². The van der Waals surface area contributed by atoms with Gasteiger partial charge >= 0.3 is 12.0 Å². The molecule has 0 bridgehead atoms. The van der Waals surface area contributed by atoms with E-state index in [1.54, 1.807) is 4.90 Å². The molecule has 1 rings (SSSR count). The van der Waals surface area contributed by atoms with Crippen molar-refractivity contribution in [2.75, 3.05) is 33.7 Å². The number of likely N-dealkylation sites (N-methyl/N-ethyl adjacent to an activating group) is 2. The molecule has 1 atom stereocenters. The van der Waals surface area contributed by atoms with Gasteiger partial charge in [0.05, 0.1) is 5.41 Å². The molecule has 6 nitrogen and oxygen atoms in total. The lowest BCUT2D eigenvalue weighted by Crippen LogP contribution is -2.53. The second kappa shape index (κ2) is 6.92. The van der Waals surface area contributed by atoms with Crippen molar-refractivity contribution in [3.05, 3.63) is 0 Å². The van der Waals surface area contributed by atoms with Gasteiger partial charge in [-0.3, -0.25) is 4.79 Å². The minimum Gasteiger partial charge on any atom is -0.481 e. The van der Waals surface area contributed by atoms with Gasteiger partial charge in [0.2, 0.25) is 0 Å². The van der Waals surface area contributed by atoms with Crippen molar-refractivity contribution in [1.29, 1.82) is 0 Å². The Labute approximate surface area is 121 Å². The molecule has 0 saturated heterocycles. The number of carbonyl (C=O) groups excluding carboxylic acids is 1. The predicted molar refractivity (Wildman–Crippen MR) is 77.7 cm³/mol. The third-order valence-corrected chi connectivity index (χ3v) is 4.11. The molecular formula is C14H27N3O3. The van der Waals surface area contributed by atoms with E-state index in [4.69, 9.17) is 0 Å². The highest BCUT2D eigenvalue weighted by Gasteiger charge is 2.44. The fourth-order valence-electron chi connectivity index (χ4n) is 2.70. The largest absolute Gasteiger partial charge is 0.481 e. The minimum absolute atomic E-state index is 0.0946. The Balaban J connectivity index is 2.53. The first-order chi connectivity index (χ1) is 9.32. The molecule has 1 saturated carbocycles. The number of nitrogens with one attached hydrogen (secondary N) is 1. The maximum Gasteiger partial charge on any atom is 0.317 e. The second-order valence-electron chi connectivity index (χ2n) is 6.00. The third kappa shape index (κ3) is 3.85. The quantitative estimate of drug-likeness (QED) is 0.738. The van der Waals surface area contributed by atoms with Crippen molar-refractivity contribution >= 4 is 12.0 Å². The normalized spacial score (nSPS) is 18.2. The summed E-state index contributed by atoms with van der Waals surface area (Å²) in [6.45, 7) is 5.56. The summed E-state index contributed by atoms with van der Waals surface area (Å²) in [5, 5.41) is 12.0. The smallest absolute Gasteiger partial charge is 0.317 e. The van der Waals surface area contributed by atoms with Gasteiger partial charge in [-0.1, -0.05) is 6.42 Å². The summed E-state index contributed by atoms with van der Waals surface area (Å²) in [6, 6.07) is -0.0773. The van der Waals surface area contributed by atoms with E-state index in [-0.39, 0.29) is 18.6 Å². The summed E-state index contributed by atoms with van der Waals surface area (Å²) < 4.78 is 0. The van der Waals surface area contributed by atoms with Crippen LogP contribution in [-0.4, -0.2) is 66.7 Å². The average Bonchev–Trinajstić information content (AvgIpc) is 2.26. The molecule has 1 unspecified atom stereocenters. The summed E-state index contributed by atoms with van der Waals surface area (Å²) in [4.78, 5) is 27.3. The van der Waals surface area contributed by atoms with Gasteiger partial charge in [-0.05, 0) is 40.8 Å². The predicted octanol–water partition coefficient (Wildman–Crippen LogP) is 1.22. The number of hydrogen-bond acceptors (Lipinski definition) is 3. The molecule has 6 heteroatoms. The van der Waals surface area contributed by atoms with Gasteiger partial charge in [-0.15, -0.1) is 0 Å². The van der Waals surface area contributed by atoms with E-state index >= 15 is 0 Å². The van der Waals surface area contributed by atoms with Crippen LogP contribution in [0.5, 0.6) is 0 Å². The first-order valence-electron chi connectivity index (χ1n) is 7.25. The van der Waals surface area contributed by atoms with Gasteiger partial charge in [-0.25, -0.2) is 4.79 Å². The molecule has 0 aromatic rings. The lowest BCUT2D eigenvalue weighted by Gasteiger charge is -2.38. The van der Waals surface area contributed by atoms with Crippen molar-refractivity contribution in [2.45, 2.75) is 39.2 Å². The molecule has 0 spiro atoms. The number of carboxylic acid groups (broad SMARTS) is 1. The van der Waals surface area contributed by atoms with E-state index in [1.165, 1.54) is 0 Å². The highest BCUT2D eigenvalue weighted by molar-refractivity contribution is 5.79. The Morgan fingerprint density at radius 1 is 1.35 bits per heavy atom. The molecule has 20 heavy (non-hydrogen) atoms. The molecule has 0 aromatic heterocycles. The van der Waals surface area contributed by atoms with Crippen LogP contribution < -0.4 is 5.32 Å². The number of amides is 2. The average molecular weight is 285 g/mol. The third-order valence-electron chi connectivity index (χ3n) is 4.11. The molecule has 0 aliphatic heterocycles. The maximum absolute atomic E-state index is 12.2. The molecule has 0 aromatic carbocycles. The van der Waals surface area contributed by atoms with Gasteiger partial charge in [0, 0.05) is 25.7 Å². The minimum atomic E-state index is -0.798. The van der Waals surface area contributed by atoms with Crippen molar-refractivity contribution in [3.8, 4) is 0 Å². The topological polar surface area (TPSA) is 72.9 Å². The Morgan fingerprint density at radius 2 is 1.95 bits per heavy atom. The Hall–Kier alpha value is -1.30. The van der Waals surface area contributed by atoms with Crippen molar-refractivity contribution in [3.63, 3.8) is 0 Å². The molecule has 1 fully saturated rings. The van der Waals surface area contributed by atoms with Crippen molar-refractivity contribution in [2.24, 2.45) is 5.41 Å². The van der Waals surface area contributed by atoms with E-state index in [0.717, 1.165) is 13.0 Å². The van der Waals surface area contributed by atoms with Crippen molar-refractivity contribution < 1.29 is 14.7 Å². The number of hydrogen-bond donors (Lipinski definition) is 2. The Morgan fingerprint density at radius 3 is 2.30 bits per heavy atom. The Bertz CT molecular complexity index is 354. The fourth-order valence-corrected chi connectivity index (χ4v) is 2.70. The van der Waals surface area contributed by atoms with Gasteiger partial charge in [0.1, 0.15) is 0 Å². The van der Waals surface area contributed by atoms with Crippen LogP contribution in [0, 0.1) is 5.41 Å². The summed E-state index contributed by atoms with van der Waals surface area (Å²) >= 11 is 0. The van der Waals surface area contributed by atoms with Crippen LogP contribution >= 0.6 is 0 Å². The van der Waals surface area contributed by atoms with Crippen LogP contribution in [0.15, 0.2) is 0 Å². The number of carboxylic acids is 1. The fraction of sp³-hybridized carbons (Fsp3) is 0.857. The number of rotatable bonds is 7. The molecule has 2 N–H and O–H groups in total. The van der Waals surface area contributed by atoms with Crippen LogP contribution in [0.4, 0.5) is 4.79 Å². The molecule has 116 valence electrons. The van der Waals surface area contributed by atoms with E-state index < -0.39 is 11.4 Å². The van der Waals surface area contributed by atoms with Crippen LogP contribution in [0.25, 0.3) is 0 Å². The maximum atomic E-state index is 12.2. The summed E-state index contributed by atoms with van der Waals surface area (Å²) in [7, 11) is 3.94. The zero-order chi connectivity index (χ0) is 15.3. The molecule has 0 heterocycles. The standard InChI is InChI=1S/C14H27N3O3/c1-5-17(11(2)9-16(3)4)13(20)15-10-14(12(18)19)7-6-8-14/h11H,5-10H2,1-4H3,(H,15,20)(H,18,19). The van der Waals surface area contributed by atoms with E-state index in [9.17, 15) is 14.7 Å². The first kappa shape index (κ1) is 16.8. The van der Waals surface area contributed by atoms with Crippen molar-refractivity contribution in [1.82, 2.24) is 15.1 Å². The summed E-state index contributed by atoms with van der Waals surface area (Å²) in [5.74, 6) is -0.798. The van der Waals surface area contributed by atoms with Gasteiger partial charge in [0.15, 0.2) is 0 Å². The van der Waals surface area contributed by atoms with E-state index in [2.05, 4.69) is 5.32 Å². The first-order valence-corrected chi connectivity index (χ1v) is 7.25. The number of nitrogens with zero attached hydrogens (tertiary/aromatic N) is 2. The highest BCUT2D eigenvalue weighted by atomic mass is 16.4. The van der Waals surface area contributed by atoms with E-state index in [1.807, 2.05) is 32.8 Å². The van der Waals surface area contributed by atoms with Gasteiger partial charge in [0.25, 0.3) is 0 Å². The molecule has 2 amide bonds. The monoisotopic (exact) mass is 285 g/mol. The zero-order valence-corrected chi connectivity index (χ0v) is 13.0. The molecule has 1 aliphatic rings. The van der Waals surface area contributed by atoms with Crippen LogP contribution in [0.2, 0.25) is 0 Å². The highest BCUT2D eigenvalue weighted by Crippen LogP contribution is 2.40. The SMILES string of the molecule is CCN(C(=O)NCC1(C(=O)O)CCC1)C(C)CN(C)C. The van der Waals surface area contributed by atoms with Crippen LogP contribution in [0.1, 0.15) is 33.1 Å². The van der Waals surface area contributed by atoms with Crippen LogP contribution in [-0.2, 0) is 4.79 Å². The molecular weight excluding hydrogens is 258 g/mol. The number of aliphatic carboxylic acids is 1. The number of carbonyl (C=O) groups is 2. The summed E-state index contributed by atoms with van der Waals surface area (Å²) in [5.41, 5.74) is -0.736. The van der Waals surface area contributed by atoms with E-state index in [0.29, 0.717) is 19.4 Å². The second-order valence-corrected chi connectivity index (χ2v) is 6.00. The lowest BCUT2D eigenvalue weighted by atomic mass is 9.69. The number of urea groups is 1. The molecule has 1 aliphatic carbocycles.